The Kier molecular flexibility index (Phi) is 5.56. The van der Waals surface area contributed by atoms with Crippen LogP contribution in [0.1, 0.15) is 50.5 Å². The Hall–Kier alpha value is -1.40. The van der Waals surface area contributed by atoms with Crippen molar-refractivity contribution >= 4 is 5.91 Å². The summed E-state index contributed by atoms with van der Waals surface area (Å²) in [6.45, 7) is 8.10. The minimum Gasteiger partial charge on any atom is -0.381 e. The van der Waals surface area contributed by atoms with Gasteiger partial charge in [-0.1, -0.05) is 19.0 Å². The Morgan fingerprint density at radius 1 is 1.54 bits per heavy atom. The average molecular weight is 335 g/mol. The zero-order chi connectivity index (χ0) is 17.0. The molecule has 2 aliphatic rings. The molecule has 0 radical (unpaired) electrons. The minimum atomic E-state index is -0.434. The minimum absolute atomic E-state index is 0.130. The molecule has 2 aliphatic heterocycles. The van der Waals surface area contributed by atoms with E-state index in [1.54, 1.807) is 0 Å². The van der Waals surface area contributed by atoms with Gasteiger partial charge in [0.15, 0.2) is 0 Å². The quantitative estimate of drug-likeness (QED) is 0.830. The van der Waals surface area contributed by atoms with Crippen molar-refractivity contribution in [3.8, 4) is 0 Å². The molecule has 2 N–H and O–H groups in total. The molecule has 0 aliphatic carbocycles. The summed E-state index contributed by atoms with van der Waals surface area (Å²) < 4.78 is 11.0. The lowest BCUT2D eigenvalue weighted by molar-refractivity contribution is -0.132. The number of ether oxygens (including phenoxy) is 1. The molecule has 0 bridgehead atoms. The third-order valence-electron chi connectivity index (χ3n) is 5.06. The van der Waals surface area contributed by atoms with E-state index < -0.39 is 5.41 Å². The van der Waals surface area contributed by atoms with E-state index in [2.05, 4.69) is 29.6 Å². The number of nitrogens with zero attached hydrogens (tertiary/aromatic N) is 1. The summed E-state index contributed by atoms with van der Waals surface area (Å²) >= 11 is 0. The smallest absolute Gasteiger partial charge is 0.227 e. The number of nitrogens with one attached hydrogen (secondary N) is 2. The number of hydrogen-bond donors (Lipinski definition) is 2. The Bertz CT molecular complexity index is 543. The van der Waals surface area contributed by atoms with Crippen LogP contribution in [-0.2, 0) is 16.0 Å². The van der Waals surface area contributed by atoms with Crippen LogP contribution in [0, 0.1) is 11.3 Å². The van der Waals surface area contributed by atoms with E-state index in [0.717, 1.165) is 43.9 Å². The zero-order valence-corrected chi connectivity index (χ0v) is 14.8. The van der Waals surface area contributed by atoms with Crippen LogP contribution in [-0.4, -0.2) is 43.9 Å². The van der Waals surface area contributed by atoms with Gasteiger partial charge in [-0.2, -0.15) is 0 Å². The van der Waals surface area contributed by atoms with Gasteiger partial charge in [0.05, 0.1) is 17.7 Å². The molecule has 1 aromatic heterocycles. The van der Waals surface area contributed by atoms with Crippen molar-refractivity contribution in [3.05, 3.63) is 17.5 Å². The summed E-state index contributed by atoms with van der Waals surface area (Å²) in [5, 5.41) is 10.7. The summed E-state index contributed by atoms with van der Waals surface area (Å²) in [5.74, 6) is 1.71. The van der Waals surface area contributed by atoms with Gasteiger partial charge in [0, 0.05) is 38.1 Å². The van der Waals surface area contributed by atoms with Crippen molar-refractivity contribution < 1.29 is 14.1 Å². The lowest BCUT2D eigenvalue weighted by Gasteiger charge is -2.35. The highest BCUT2D eigenvalue weighted by molar-refractivity contribution is 5.83. The fraction of sp³-hybridized carbons (Fsp3) is 0.778. The average Bonchev–Trinajstić information content (AvgIpc) is 3.24. The Morgan fingerprint density at radius 3 is 3.08 bits per heavy atom. The highest BCUT2D eigenvalue weighted by atomic mass is 16.5. The van der Waals surface area contributed by atoms with E-state index in [1.165, 1.54) is 0 Å². The van der Waals surface area contributed by atoms with Crippen LogP contribution in [0.25, 0.3) is 0 Å². The zero-order valence-electron chi connectivity index (χ0n) is 14.8. The monoisotopic (exact) mass is 335 g/mol. The number of piperidine rings is 1. The second kappa shape index (κ2) is 7.66. The van der Waals surface area contributed by atoms with Crippen LogP contribution >= 0.6 is 0 Å². The third kappa shape index (κ3) is 3.98. The molecule has 2 saturated heterocycles. The molecule has 0 unspecified atom stereocenters. The van der Waals surface area contributed by atoms with Crippen LogP contribution in [0.5, 0.6) is 0 Å². The molecule has 6 nitrogen and oxygen atoms in total. The normalized spacial score (nSPS) is 27.5. The van der Waals surface area contributed by atoms with Crippen molar-refractivity contribution in [2.24, 2.45) is 11.3 Å². The van der Waals surface area contributed by atoms with Gasteiger partial charge in [-0.25, -0.2) is 0 Å². The van der Waals surface area contributed by atoms with E-state index >= 15 is 0 Å². The molecule has 0 saturated carbocycles. The number of hydrogen-bond acceptors (Lipinski definition) is 5. The van der Waals surface area contributed by atoms with Crippen molar-refractivity contribution in [2.45, 2.75) is 45.4 Å². The molecular weight excluding hydrogens is 306 g/mol. The van der Waals surface area contributed by atoms with Crippen LogP contribution in [0.15, 0.2) is 10.6 Å². The van der Waals surface area contributed by atoms with Gasteiger partial charge in [0.2, 0.25) is 5.91 Å². The standard InChI is InChI=1S/C18H29N3O3/c1-13(2)10-20-17(22)18(5-3-6-19-12-18)9-15-8-16(21-24-15)14-4-7-23-11-14/h8,13-14,19H,3-7,9-12H2,1-2H3,(H,20,22)/t14-,18+/m1/s1. The summed E-state index contributed by atoms with van der Waals surface area (Å²) in [6, 6.07) is 2.02. The van der Waals surface area contributed by atoms with Crippen LogP contribution in [0.2, 0.25) is 0 Å². The van der Waals surface area contributed by atoms with Crippen molar-refractivity contribution in [2.75, 3.05) is 32.8 Å². The van der Waals surface area contributed by atoms with Crippen molar-refractivity contribution in [1.82, 2.24) is 15.8 Å². The van der Waals surface area contributed by atoms with Gasteiger partial charge >= 0.3 is 0 Å². The van der Waals surface area contributed by atoms with E-state index in [-0.39, 0.29) is 5.91 Å². The van der Waals surface area contributed by atoms with Gasteiger partial charge in [0.25, 0.3) is 0 Å². The van der Waals surface area contributed by atoms with Crippen LogP contribution < -0.4 is 10.6 Å². The molecule has 2 fully saturated rings. The SMILES string of the molecule is CC(C)CNC(=O)[C@]1(Cc2cc([C@@H]3CCOC3)no2)CCCNC1. The fourth-order valence-corrected chi connectivity index (χ4v) is 3.58. The second-order valence-corrected chi connectivity index (χ2v) is 7.62. The predicted octanol–water partition coefficient (Wildman–Crippen LogP) is 1.86. The fourth-order valence-electron chi connectivity index (χ4n) is 3.58. The number of aromatic nitrogens is 1. The number of rotatable bonds is 6. The highest BCUT2D eigenvalue weighted by Gasteiger charge is 2.41. The first-order valence-electron chi connectivity index (χ1n) is 9.11. The van der Waals surface area contributed by atoms with E-state index in [1.807, 2.05) is 6.07 Å². The van der Waals surface area contributed by atoms with E-state index in [4.69, 9.17) is 9.26 Å². The Labute approximate surface area is 143 Å². The molecule has 0 spiro atoms. The lowest BCUT2D eigenvalue weighted by Crippen LogP contribution is -2.52. The van der Waals surface area contributed by atoms with Crippen LogP contribution in [0.3, 0.4) is 0 Å². The maximum Gasteiger partial charge on any atom is 0.227 e. The Balaban J connectivity index is 1.70. The molecule has 1 amide bonds. The molecule has 3 heterocycles. The van der Waals surface area contributed by atoms with E-state index in [9.17, 15) is 4.79 Å². The molecule has 6 heteroatoms. The summed E-state index contributed by atoms with van der Waals surface area (Å²) in [5.41, 5.74) is 0.528. The molecule has 3 rings (SSSR count). The Morgan fingerprint density at radius 2 is 2.42 bits per heavy atom. The molecule has 2 atom stereocenters. The number of amides is 1. The molecule has 24 heavy (non-hydrogen) atoms. The second-order valence-electron chi connectivity index (χ2n) is 7.62. The van der Waals surface area contributed by atoms with Crippen LogP contribution in [0.4, 0.5) is 0 Å². The van der Waals surface area contributed by atoms with Gasteiger partial charge < -0.3 is 19.9 Å². The topological polar surface area (TPSA) is 76.4 Å². The maximum absolute atomic E-state index is 12.9. The summed E-state index contributed by atoms with van der Waals surface area (Å²) in [4.78, 5) is 12.9. The summed E-state index contributed by atoms with van der Waals surface area (Å²) in [7, 11) is 0. The van der Waals surface area contributed by atoms with Gasteiger partial charge in [-0.15, -0.1) is 0 Å². The number of carbonyl (C=O) groups is 1. The first-order valence-corrected chi connectivity index (χ1v) is 9.11. The summed E-state index contributed by atoms with van der Waals surface area (Å²) in [6.07, 6.45) is 3.48. The molecule has 1 aromatic rings. The van der Waals surface area contributed by atoms with E-state index in [0.29, 0.717) is 38.0 Å². The maximum atomic E-state index is 12.9. The van der Waals surface area contributed by atoms with Crippen molar-refractivity contribution in [1.29, 1.82) is 0 Å². The first kappa shape index (κ1) is 17.4. The molecule has 0 aromatic carbocycles. The first-order chi connectivity index (χ1) is 11.6. The van der Waals surface area contributed by atoms with Gasteiger partial charge in [-0.3, -0.25) is 4.79 Å². The third-order valence-corrected chi connectivity index (χ3v) is 5.06. The van der Waals surface area contributed by atoms with Gasteiger partial charge in [-0.05, 0) is 31.7 Å². The lowest BCUT2D eigenvalue weighted by atomic mass is 9.76. The molecular formula is C18H29N3O3. The highest BCUT2D eigenvalue weighted by Crippen LogP contribution is 2.33. The largest absolute Gasteiger partial charge is 0.381 e. The van der Waals surface area contributed by atoms with Gasteiger partial charge in [0.1, 0.15) is 5.76 Å². The van der Waals surface area contributed by atoms with Crippen molar-refractivity contribution in [3.63, 3.8) is 0 Å². The number of carbonyl (C=O) groups excluding carboxylic acids is 1. The predicted molar refractivity (Wildman–Crippen MR) is 90.8 cm³/mol. The molecule has 134 valence electrons.